The summed E-state index contributed by atoms with van der Waals surface area (Å²) in [6.45, 7) is 2.02. The van der Waals surface area contributed by atoms with Gasteiger partial charge in [0, 0.05) is 18.8 Å². The van der Waals surface area contributed by atoms with Gasteiger partial charge in [0.05, 0.1) is 0 Å². The lowest BCUT2D eigenvalue weighted by atomic mass is 10.4. The topological polar surface area (TPSA) is 80.9 Å². The number of imidazole rings is 1. The number of aryl methyl sites for hydroxylation is 1. The molecule has 3 aromatic heterocycles. The molecule has 7 heteroatoms. The van der Waals surface area contributed by atoms with Crippen LogP contribution in [0.15, 0.2) is 29.3 Å². The van der Waals surface area contributed by atoms with Crippen LogP contribution >= 0.6 is 0 Å². The predicted molar refractivity (Wildman–Crippen MR) is 60.1 cm³/mol. The molecule has 3 rings (SSSR count). The highest BCUT2D eigenvalue weighted by molar-refractivity contribution is 5.38. The molecule has 3 heterocycles. The van der Waals surface area contributed by atoms with Crippen LogP contribution in [-0.2, 0) is 6.42 Å². The second kappa shape index (κ2) is 3.55. The van der Waals surface area contributed by atoms with Crippen molar-refractivity contribution in [1.29, 1.82) is 0 Å². The van der Waals surface area contributed by atoms with Crippen LogP contribution in [0.1, 0.15) is 12.7 Å². The number of aromatic nitrogens is 6. The Kier molecular flexibility index (Phi) is 2.04. The molecule has 17 heavy (non-hydrogen) atoms. The molecule has 0 spiro atoms. The molecular formula is C10H10N6O. The van der Waals surface area contributed by atoms with Gasteiger partial charge in [0.1, 0.15) is 5.82 Å². The number of H-pyrrole nitrogens is 1. The number of rotatable bonds is 2. The van der Waals surface area contributed by atoms with Gasteiger partial charge in [-0.25, -0.2) is 14.9 Å². The van der Waals surface area contributed by atoms with Crippen molar-refractivity contribution in [2.75, 3.05) is 0 Å². The summed E-state index contributed by atoms with van der Waals surface area (Å²) in [5, 5.41) is 10.4. The van der Waals surface area contributed by atoms with E-state index in [2.05, 4.69) is 20.3 Å². The van der Waals surface area contributed by atoms with Crippen LogP contribution in [-0.4, -0.2) is 29.4 Å². The summed E-state index contributed by atoms with van der Waals surface area (Å²) in [7, 11) is 0. The number of aromatic amines is 1. The summed E-state index contributed by atoms with van der Waals surface area (Å²) in [5.41, 5.74) is 0.150. The molecule has 0 aromatic carbocycles. The first kappa shape index (κ1) is 9.76. The SMILES string of the molecule is CCc1nccn1-c1ccc2n[nH]c(=O)n2n1. The highest BCUT2D eigenvalue weighted by atomic mass is 16.2. The lowest BCUT2D eigenvalue weighted by Gasteiger charge is -2.04. The molecule has 0 amide bonds. The van der Waals surface area contributed by atoms with Crippen molar-refractivity contribution in [3.63, 3.8) is 0 Å². The normalized spacial score (nSPS) is 11.1. The van der Waals surface area contributed by atoms with Crippen molar-refractivity contribution in [2.45, 2.75) is 13.3 Å². The van der Waals surface area contributed by atoms with Crippen molar-refractivity contribution in [3.8, 4) is 5.82 Å². The van der Waals surface area contributed by atoms with Crippen molar-refractivity contribution in [2.24, 2.45) is 0 Å². The van der Waals surface area contributed by atoms with E-state index in [1.165, 1.54) is 4.52 Å². The van der Waals surface area contributed by atoms with E-state index < -0.39 is 0 Å². The van der Waals surface area contributed by atoms with E-state index >= 15 is 0 Å². The van der Waals surface area contributed by atoms with Crippen LogP contribution in [0.3, 0.4) is 0 Å². The second-order valence-electron chi connectivity index (χ2n) is 3.56. The Morgan fingerprint density at radius 2 is 2.29 bits per heavy atom. The first-order valence-corrected chi connectivity index (χ1v) is 5.26. The van der Waals surface area contributed by atoms with Gasteiger partial charge in [-0.1, -0.05) is 6.92 Å². The van der Waals surface area contributed by atoms with Crippen molar-refractivity contribution >= 4 is 5.65 Å². The molecule has 0 bridgehead atoms. The Balaban J connectivity index is 2.24. The van der Waals surface area contributed by atoms with Crippen molar-refractivity contribution in [3.05, 3.63) is 40.8 Å². The molecule has 3 aromatic rings. The Bertz CT molecular complexity index is 722. The first-order valence-electron chi connectivity index (χ1n) is 5.26. The van der Waals surface area contributed by atoms with Gasteiger partial charge in [-0.15, -0.1) is 5.10 Å². The summed E-state index contributed by atoms with van der Waals surface area (Å²) < 4.78 is 3.08. The third-order valence-electron chi connectivity index (χ3n) is 2.54. The van der Waals surface area contributed by atoms with Crippen LogP contribution in [0.25, 0.3) is 11.5 Å². The van der Waals surface area contributed by atoms with Gasteiger partial charge in [-0.3, -0.25) is 4.57 Å². The van der Waals surface area contributed by atoms with Crippen LogP contribution in [0.2, 0.25) is 0 Å². The maximum Gasteiger partial charge on any atom is 0.364 e. The fourth-order valence-corrected chi connectivity index (χ4v) is 1.73. The minimum absolute atomic E-state index is 0.347. The summed E-state index contributed by atoms with van der Waals surface area (Å²) in [6.07, 6.45) is 4.33. The summed E-state index contributed by atoms with van der Waals surface area (Å²) >= 11 is 0. The first-order chi connectivity index (χ1) is 8.29. The lowest BCUT2D eigenvalue weighted by molar-refractivity contribution is 0.799. The summed E-state index contributed by atoms with van der Waals surface area (Å²) in [4.78, 5) is 15.6. The molecule has 7 nitrogen and oxygen atoms in total. The van der Waals surface area contributed by atoms with Crippen molar-refractivity contribution in [1.82, 2.24) is 29.4 Å². The molecule has 0 aliphatic carbocycles. The largest absolute Gasteiger partial charge is 0.364 e. The van der Waals surface area contributed by atoms with Gasteiger partial charge >= 0.3 is 5.69 Å². The van der Waals surface area contributed by atoms with E-state index in [9.17, 15) is 4.79 Å². The average molecular weight is 230 g/mol. The van der Waals surface area contributed by atoms with Gasteiger partial charge in [-0.05, 0) is 12.1 Å². The fraction of sp³-hybridized carbons (Fsp3) is 0.200. The maximum absolute atomic E-state index is 11.4. The molecule has 0 atom stereocenters. The lowest BCUT2D eigenvalue weighted by Crippen LogP contribution is -2.14. The fourth-order valence-electron chi connectivity index (χ4n) is 1.73. The Morgan fingerprint density at radius 3 is 3.12 bits per heavy atom. The second-order valence-corrected chi connectivity index (χ2v) is 3.56. The molecule has 0 saturated heterocycles. The van der Waals surface area contributed by atoms with Gasteiger partial charge in [0.25, 0.3) is 0 Å². The van der Waals surface area contributed by atoms with Gasteiger partial charge in [0.2, 0.25) is 0 Å². The van der Waals surface area contributed by atoms with E-state index in [1.807, 2.05) is 17.7 Å². The molecule has 0 fully saturated rings. The molecule has 0 aliphatic rings. The predicted octanol–water partition coefficient (Wildman–Crippen LogP) is 0.166. The smallest absolute Gasteiger partial charge is 0.286 e. The van der Waals surface area contributed by atoms with Gasteiger partial charge in [-0.2, -0.15) is 9.61 Å². The van der Waals surface area contributed by atoms with Crippen LogP contribution in [0.5, 0.6) is 0 Å². The zero-order chi connectivity index (χ0) is 11.8. The molecule has 0 saturated carbocycles. The minimum Gasteiger partial charge on any atom is -0.286 e. The highest BCUT2D eigenvalue weighted by Gasteiger charge is 2.07. The Morgan fingerprint density at radius 1 is 1.41 bits per heavy atom. The third-order valence-corrected chi connectivity index (χ3v) is 2.54. The van der Waals surface area contributed by atoms with Gasteiger partial charge in [0.15, 0.2) is 11.5 Å². The molecule has 0 unspecified atom stereocenters. The van der Waals surface area contributed by atoms with E-state index in [4.69, 9.17) is 0 Å². The number of nitrogens with one attached hydrogen (secondary N) is 1. The molecule has 86 valence electrons. The summed E-state index contributed by atoms with van der Waals surface area (Å²) in [6, 6.07) is 3.54. The molecule has 0 radical (unpaired) electrons. The number of hydrogen-bond donors (Lipinski definition) is 1. The Labute approximate surface area is 95.7 Å². The van der Waals surface area contributed by atoms with Gasteiger partial charge < -0.3 is 0 Å². The van der Waals surface area contributed by atoms with Crippen molar-refractivity contribution < 1.29 is 0 Å². The van der Waals surface area contributed by atoms with Crippen LogP contribution < -0.4 is 5.69 Å². The molecule has 1 N–H and O–H groups in total. The standard InChI is InChI=1S/C10H10N6O/c1-2-7-11-5-6-15(7)9-4-3-8-12-13-10(17)16(8)14-9/h3-6H,2H2,1H3,(H,13,17). The summed E-state index contributed by atoms with van der Waals surface area (Å²) in [5.74, 6) is 1.55. The maximum atomic E-state index is 11.4. The quantitative estimate of drug-likeness (QED) is 0.680. The number of nitrogens with zero attached hydrogens (tertiary/aromatic N) is 5. The third kappa shape index (κ3) is 1.43. The van der Waals surface area contributed by atoms with E-state index in [1.54, 1.807) is 18.3 Å². The monoisotopic (exact) mass is 230 g/mol. The van der Waals surface area contributed by atoms with Crippen LogP contribution in [0, 0.1) is 0 Å². The number of fused-ring (bicyclic) bond motifs is 1. The number of hydrogen-bond acceptors (Lipinski definition) is 4. The van der Waals surface area contributed by atoms with E-state index in [0.29, 0.717) is 11.5 Å². The average Bonchev–Trinajstić information content (AvgIpc) is 2.96. The highest BCUT2D eigenvalue weighted by Crippen LogP contribution is 2.08. The van der Waals surface area contributed by atoms with Crippen LogP contribution in [0.4, 0.5) is 0 Å². The zero-order valence-corrected chi connectivity index (χ0v) is 9.16. The van der Waals surface area contributed by atoms with E-state index in [0.717, 1.165) is 12.2 Å². The Hall–Kier alpha value is -2.44. The zero-order valence-electron chi connectivity index (χ0n) is 9.16. The molecule has 0 aliphatic heterocycles. The minimum atomic E-state index is -0.347. The van der Waals surface area contributed by atoms with E-state index in [-0.39, 0.29) is 5.69 Å². The molecular weight excluding hydrogens is 220 g/mol.